The number of hydrogen-bond donors (Lipinski definition) is 2. The van der Waals surface area contributed by atoms with E-state index < -0.39 is 7.12 Å². The summed E-state index contributed by atoms with van der Waals surface area (Å²) in [6.07, 6.45) is 11.0. The number of hydrogen-bond acceptors (Lipinski definition) is 2. The van der Waals surface area contributed by atoms with Crippen LogP contribution >= 0.6 is 0 Å². The largest absolute Gasteiger partial charge is 0.484 e. The van der Waals surface area contributed by atoms with Gasteiger partial charge in [-0.2, -0.15) is 0 Å². The molecule has 0 saturated carbocycles. The Kier molecular flexibility index (Phi) is 3.14. The molecule has 58 valence electrons. The van der Waals surface area contributed by atoms with Crippen molar-refractivity contribution in [3.05, 3.63) is 35.9 Å². The molecule has 0 saturated heterocycles. The van der Waals surface area contributed by atoms with Crippen molar-refractivity contribution in [1.29, 1.82) is 0 Å². The second kappa shape index (κ2) is 4.16. The molecule has 0 unspecified atom stereocenters. The van der Waals surface area contributed by atoms with Gasteiger partial charge in [0, 0.05) is 0 Å². The van der Waals surface area contributed by atoms with Crippen LogP contribution in [0.15, 0.2) is 35.9 Å². The highest BCUT2D eigenvalue weighted by molar-refractivity contribution is 6.50. The van der Waals surface area contributed by atoms with Gasteiger partial charge in [-0.3, -0.25) is 0 Å². The van der Waals surface area contributed by atoms with Crippen molar-refractivity contribution in [2.24, 2.45) is 0 Å². The lowest BCUT2D eigenvalue weighted by Gasteiger charge is -2.03. The summed E-state index contributed by atoms with van der Waals surface area (Å²) in [6.45, 7) is 0. The molecule has 0 aliphatic heterocycles. The van der Waals surface area contributed by atoms with Gasteiger partial charge in [-0.1, -0.05) is 30.4 Å². The molecule has 2 nitrogen and oxygen atoms in total. The van der Waals surface area contributed by atoms with Crippen LogP contribution < -0.4 is 0 Å². The van der Waals surface area contributed by atoms with Gasteiger partial charge in [-0.05, 0) is 18.3 Å². The molecule has 0 heterocycles. The van der Waals surface area contributed by atoms with Gasteiger partial charge in [0.15, 0.2) is 0 Å². The fraction of sp³-hybridized carbons (Fsp3) is 0.250. The normalized spacial score (nSPS) is 17.1. The Balaban J connectivity index is 2.65. The zero-order valence-corrected chi connectivity index (χ0v) is 6.27. The van der Waals surface area contributed by atoms with Gasteiger partial charge in [-0.15, -0.1) is 0 Å². The second-order valence-corrected chi connectivity index (χ2v) is 2.47. The maximum absolute atomic E-state index is 8.82. The smallest absolute Gasteiger partial charge is 0.423 e. The Bertz CT molecular complexity index is 204. The van der Waals surface area contributed by atoms with Crippen LogP contribution in [0.2, 0.25) is 0 Å². The minimum absolute atomic E-state index is 0.672. The molecule has 2 N–H and O–H groups in total. The molecule has 0 fully saturated rings. The summed E-state index contributed by atoms with van der Waals surface area (Å²) in [7, 11) is -1.30. The Hall–Kier alpha value is -0.795. The summed E-state index contributed by atoms with van der Waals surface area (Å²) < 4.78 is 0. The predicted octanol–water partition coefficient (Wildman–Crippen LogP) is 0.831. The zero-order chi connectivity index (χ0) is 8.10. The zero-order valence-electron chi connectivity index (χ0n) is 6.27. The highest BCUT2D eigenvalue weighted by Gasteiger charge is 2.12. The molecular formula is C8H11BO2. The van der Waals surface area contributed by atoms with E-state index >= 15 is 0 Å². The van der Waals surface area contributed by atoms with Crippen LogP contribution in [0.3, 0.4) is 0 Å². The first kappa shape index (κ1) is 8.30. The van der Waals surface area contributed by atoms with Crippen LogP contribution in [0.5, 0.6) is 0 Å². The van der Waals surface area contributed by atoms with Gasteiger partial charge in [0.2, 0.25) is 0 Å². The predicted molar refractivity (Wildman–Crippen MR) is 45.8 cm³/mol. The molecule has 0 aromatic carbocycles. The van der Waals surface area contributed by atoms with Crippen LogP contribution in [0.4, 0.5) is 0 Å². The lowest BCUT2D eigenvalue weighted by atomic mass is 9.76. The average molecular weight is 150 g/mol. The van der Waals surface area contributed by atoms with Gasteiger partial charge < -0.3 is 10.0 Å². The molecule has 1 rings (SSSR count). The molecule has 3 heteroatoms. The fourth-order valence-electron chi connectivity index (χ4n) is 0.967. The monoisotopic (exact) mass is 150 g/mol. The molecule has 1 aliphatic rings. The van der Waals surface area contributed by atoms with Crippen molar-refractivity contribution in [1.82, 2.24) is 0 Å². The third kappa shape index (κ3) is 2.74. The third-order valence-corrected chi connectivity index (χ3v) is 1.60. The first-order valence-corrected chi connectivity index (χ1v) is 3.69. The molecule has 11 heavy (non-hydrogen) atoms. The molecule has 0 atom stereocenters. The summed E-state index contributed by atoms with van der Waals surface area (Å²) >= 11 is 0. The lowest BCUT2D eigenvalue weighted by Crippen LogP contribution is -2.15. The van der Waals surface area contributed by atoms with Crippen LogP contribution in [-0.2, 0) is 0 Å². The van der Waals surface area contributed by atoms with E-state index in [2.05, 4.69) is 0 Å². The quantitative estimate of drug-likeness (QED) is 0.543. The molecule has 0 radical (unpaired) electrons. The van der Waals surface area contributed by atoms with Crippen LogP contribution in [0, 0.1) is 0 Å². The Morgan fingerprint density at radius 1 is 1.18 bits per heavy atom. The SMILES string of the molecule is OB(O)C1=CC=CC=CCC1. The summed E-state index contributed by atoms with van der Waals surface area (Å²) in [5.74, 6) is 0. The molecule has 0 bridgehead atoms. The van der Waals surface area contributed by atoms with E-state index in [1.165, 1.54) is 0 Å². The first-order valence-electron chi connectivity index (χ1n) is 3.69. The highest BCUT2D eigenvalue weighted by atomic mass is 16.4. The van der Waals surface area contributed by atoms with E-state index in [-0.39, 0.29) is 0 Å². The maximum Gasteiger partial charge on any atom is 0.484 e. The first-order chi connectivity index (χ1) is 5.30. The van der Waals surface area contributed by atoms with Gasteiger partial charge in [0.05, 0.1) is 0 Å². The Labute approximate surface area is 66.7 Å². The minimum Gasteiger partial charge on any atom is -0.423 e. The molecule has 1 aliphatic carbocycles. The van der Waals surface area contributed by atoms with E-state index in [1.807, 2.05) is 24.3 Å². The molecule has 0 amide bonds. The molecular weight excluding hydrogens is 139 g/mol. The maximum atomic E-state index is 8.82. The number of allylic oxidation sites excluding steroid dienone is 6. The van der Waals surface area contributed by atoms with Crippen LogP contribution in [-0.4, -0.2) is 17.2 Å². The topological polar surface area (TPSA) is 40.5 Å². The summed E-state index contributed by atoms with van der Waals surface area (Å²) in [4.78, 5) is 0. The van der Waals surface area contributed by atoms with E-state index in [0.717, 1.165) is 12.8 Å². The van der Waals surface area contributed by atoms with Crippen LogP contribution in [0.1, 0.15) is 12.8 Å². The van der Waals surface area contributed by atoms with Crippen molar-refractivity contribution in [2.45, 2.75) is 12.8 Å². The van der Waals surface area contributed by atoms with E-state index in [0.29, 0.717) is 5.47 Å². The van der Waals surface area contributed by atoms with Crippen molar-refractivity contribution in [3.8, 4) is 0 Å². The van der Waals surface area contributed by atoms with E-state index in [4.69, 9.17) is 10.0 Å². The van der Waals surface area contributed by atoms with Crippen molar-refractivity contribution >= 4 is 7.12 Å². The highest BCUT2D eigenvalue weighted by Crippen LogP contribution is 2.09. The van der Waals surface area contributed by atoms with Crippen molar-refractivity contribution < 1.29 is 10.0 Å². The van der Waals surface area contributed by atoms with Gasteiger partial charge in [-0.25, -0.2) is 0 Å². The summed E-state index contributed by atoms with van der Waals surface area (Å²) in [5, 5.41) is 17.6. The third-order valence-electron chi connectivity index (χ3n) is 1.60. The molecule has 0 aromatic rings. The van der Waals surface area contributed by atoms with Gasteiger partial charge in [0.1, 0.15) is 0 Å². The lowest BCUT2D eigenvalue weighted by molar-refractivity contribution is 0.416. The number of rotatable bonds is 1. The van der Waals surface area contributed by atoms with Crippen molar-refractivity contribution in [3.63, 3.8) is 0 Å². The van der Waals surface area contributed by atoms with E-state index in [1.54, 1.807) is 6.08 Å². The Morgan fingerprint density at radius 2 is 2.00 bits per heavy atom. The van der Waals surface area contributed by atoms with Crippen molar-refractivity contribution in [2.75, 3.05) is 0 Å². The standard InChI is InChI=1S/C8H11BO2/c10-9(11)8-6-4-2-1-3-5-7-8/h1-4,6,10-11H,5,7H2. The molecule has 0 spiro atoms. The second-order valence-electron chi connectivity index (χ2n) is 2.47. The Morgan fingerprint density at radius 3 is 2.73 bits per heavy atom. The minimum atomic E-state index is -1.30. The summed E-state index contributed by atoms with van der Waals surface area (Å²) in [5.41, 5.74) is 0.672. The van der Waals surface area contributed by atoms with E-state index in [9.17, 15) is 0 Å². The molecule has 0 aromatic heterocycles. The van der Waals surface area contributed by atoms with Crippen LogP contribution in [0.25, 0.3) is 0 Å². The summed E-state index contributed by atoms with van der Waals surface area (Å²) in [6, 6.07) is 0. The fourth-order valence-corrected chi connectivity index (χ4v) is 0.967. The average Bonchev–Trinajstić information content (AvgIpc) is 1.84. The van der Waals surface area contributed by atoms with Gasteiger partial charge >= 0.3 is 7.12 Å². The van der Waals surface area contributed by atoms with Gasteiger partial charge in [0.25, 0.3) is 0 Å².